The predicted octanol–water partition coefficient (Wildman–Crippen LogP) is 3.71. The van der Waals surface area contributed by atoms with Crippen molar-refractivity contribution in [2.75, 3.05) is 0 Å². The maximum atomic E-state index is 10.4. The van der Waals surface area contributed by atoms with Crippen LogP contribution in [-0.4, -0.2) is 34.8 Å². The quantitative estimate of drug-likeness (QED) is 0.519. The SMILES string of the molecule is Oc1nc(-c2ccccn2)nc2c(-c3ccnn3-c3ccccn3)csc12. The van der Waals surface area contributed by atoms with E-state index in [4.69, 9.17) is 0 Å². The Labute approximate surface area is 157 Å². The molecule has 0 amide bonds. The number of fused-ring (bicyclic) bond motifs is 1. The van der Waals surface area contributed by atoms with Gasteiger partial charge in [0.25, 0.3) is 0 Å². The molecule has 1 N–H and O–H groups in total. The van der Waals surface area contributed by atoms with E-state index in [2.05, 4.69) is 25.0 Å². The first-order valence-corrected chi connectivity index (χ1v) is 9.04. The van der Waals surface area contributed by atoms with E-state index < -0.39 is 0 Å². The molecule has 0 bridgehead atoms. The summed E-state index contributed by atoms with van der Waals surface area (Å²) < 4.78 is 2.37. The molecule has 130 valence electrons. The zero-order valence-electron chi connectivity index (χ0n) is 13.9. The van der Waals surface area contributed by atoms with Crippen molar-refractivity contribution >= 4 is 21.6 Å². The van der Waals surface area contributed by atoms with Crippen molar-refractivity contribution in [2.45, 2.75) is 0 Å². The number of nitrogens with zero attached hydrogens (tertiary/aromatic N) is 6. The summed E-state index contributed by atoms with van der Waals surface area (Å²) in [4.78, 5) is 17.5. The first-order chi connectivity index (χ1) is 13.3. The third-order valence-corrected chi connectivity index (χ3v) is 5.04. The molecule has 0 aliphatic carbocycles. The van der Waals surface area contributed by atoms with Crippen LogP contribution in [0.25, 0.3) is 38.8 Å². The lowest BCUT2D eigenvalue weighted by atomic mass is 10.2. The summed E-state index contributed by atoms with van der Waals surface area (Å²) >= 11 is 1.39. The fraction of sp³-hybridized carbons (Fsp3) is 0. The van der Waals surface area contributed by atoms with Gasteiger partial charge in [-0.1, -0.05) is 12.1 Å². The van der Waals surface area contributed by atoms with Crippen LogP contribution >= 0.6 is 11.3 Å². The number of aromatic hydroxyl groups is 1. The molecule has 0 fully saturated rings. The number of aromatic nitrogens is 6. The van der Waals surface area contributed by atoms with Crippen molar-refractivity contribution < 1.29 is 5.11 Å². The van der Waals surface area contributed by atoms with Crippen LogP contribution in [0.15, 0.2) is 66.4 Å². The monoisotopic (exact) mass is 372 g/mol. The van der Waals surface area contributed by atoms with Crippen LogP contribution in [0.2, 0.25) is 0 Å². The molecule has 0 aromatic carbocycles. The van der Waals surface area contributed by atoms with Gasteiger partial charge in [-0.15, -0.1) is 11.3 Å². The molecule has 0 unspecified atom stereocenters. The lowest BCUT2D eigenvalue weighted by molar-refractivity contribution is 0.461. The summed E-state index contributed by atoms with van der Waals surface area (Å²) in [5.41, 5.74) is 2.95. The molecule has 0 aliphatic heterocycles. The third kappa shape index (κ3) is 2.63. The van der Waals surface area contributed by atoms with Gasteiger partial charge in [0, 0.05) is 23.3 Å². The molecule has 5 aromatic heterocycles. The topological polar surface area (TPSA) is 89.6 Å². The highest BCUT2D eigenvalue weighted by Crippen LogP contribution is 2.38. The van der Waals surface area contributed by atoms with Gasteiger partial charge in [-0.2, -0.15) is 10.1 Å². The second-order valence-corrected chi connectivity index (χ2v) is 6.61. The van der Waals surface area contributed by atoms with E-state index in [1.807, 2.05) is 47.8 Å². The molecule has 5 heterocycles. The first-order valence-electron chi connectivity index (χ1n) is 8.16. The summed E-state index contributed by atoms with van der Waals surface area (Å²) in [6, 6.07) is 13.0. The van der Waals surface area contributed by atoms with Crippen LogP contribution < -0.4 is 0 Å². The first kappa shape index (κ1) is 15.6. The molecule has 0 saturated carbocycles. The van der Waals surface area contributed by atoms with Gasteiger partial charge in [0.2, 0.25) is 5.88 Å². The lowest BCUT2D eigenvalue weighted by Crippen LogP contribution is -2.01. The second-order valence-electron chi connectivity index (χ2n) is 5.73. The average Bonchev–Trinajstić information content (AvgIpc) is 3.36. The molecule has 0 saturated heterocycles. The Balaban J connectivity index is 1.72. The number of rotatable bonds is 3. The number of hydrogen-bond acceptors (Lipinski definition) is 7. The summed E-state index contributed by atoms with van der Waals surface area (Å²) in [6.45, 7) is 0. The molecule has 27 heavy (non-hydrogen) atoms. The number of hydrogen-bond donors (Lipinski definition) is 1. The zero-order chi connectivity index (χ0) is 18.2. The highest BCUT2D eigenvalue weighted by Gasteiger charge is 2.18. The van der Waals surface area contributed by atoms with Crippen molar-refractivity contribution in [1.29, 1.82) is 0 Å². The van der Waals surface area contributed by atoms with Gasteiger partial charge >= 0.3 is 0 Å². The van der Waals surface area contributed by atoms with Crippen molar-refractivity contribution in [1.82, 2.24) is 29.7 Å². The van der Waals surface area contributed by atoms with Crippen LogP contribution in [0.4, 0.5) is 0 Å². The maximum Gasteiger partial charge on any atom is 0.233 e. The highest BCUT2D eigenvalue weighted by atomic mass is 32.1. The Hall–Kier alpha value is -3.65. The summed E-state index contributed by atoms with van der Waals surface area (Å²) in [7, 11) is 0. The molecular weight excluding hydrogens is 360 g/mol. The smallest absolute Gasteiger partial charge is 0.233 e. The van der Waals surface area contributed by atoms with Crippen molar-refractivity contribution in [3.63, 3.8) is 0 Å². The average molecular weight is 372 g/mol. The second kappa shape index (κ2) is 6.26. The largest absolute Gasteiger partial charge is 0.492 e. The summed E-state index contributed by atoms with van der Waals surface area (Å²) in [5.74, 6) is 1.03. The normalized spacial score (nSPS) is 11.1. The predicted molar refractivity (Wildman–Crippen MR) is 103 cm³/mol. The minimum Gasteiger partial charge on any atom is -0.492 e. The third-order valence-electron chi connectivity index (χ3n) is 4.08. The summed E-state index contributed by atoms with van der Waals surface area (Å²) in [6.07, 6.45) is 5.11. The molecule has 8 heteroatoms. The standard InChI is InChI=1S/C19H12N6OS/c26-19-17-16(23-18(24-19)13-5-1-3-8-20-13)12(11-27-17)14-7-10-22-25(14)15-6-2-4-9-21-15/h1-11H,(H,23,24,26). The lowest BCUT2D eigenvalue weighted by Gasteiger charge is -2.06. The zero-order valence-corrected chi connectivity index (χ0v) is 14.7. The van der Waals surface area contributed by atoms with E-state index in [1.165, 1.54) is 11.3 Å². The van der Waals surface area contributed by atoms with Crippen molar-refractivity contribution in [3.05, 3.63) is 66.4 Å². The fourth-order valence-corrected chi connectivity index (χ4v) is 3.75. The van der Waals surface area contributed by atoms with E-state index in [1.54, 1.807) is 23.3 Å². The van der Waals surface area contributed by atoms with Gasteiger partial charge in [0.15, 0.2) is 11.6 Å². The van der Waals surface area contributed by atoms with Gasteiger partial charge < -0.3 is 5.11 Å². The van der Waals surface area contributed by atoms with Gasteiger partial charge in [0.05, 0.1) is 17.4 Å². The Kier molecular flexibility index (Phi) is 3.61. The maximum absolute atomic E-state index is 10.4. The van der Waals surface area contributed by atoms with E-state index in [-0.39, 0.29) is 5.88 Å². The molecule has 0 radical (unpaired) electrons. The van der Waals surface area contributed by atoms with Crippen LogP contribution in [0, 0.1) is 0 Å². The Bertz CT molecular complexity index is 1230. The van der Waals surface area contributed by atoms with Crippen molar-refractivity contribution in [2.24, 2.45) is 0 Å². The Morgan fingerprint density at radius 2 is 1.74 bits per heavy atom. The highest BCUT2D eigenvalue weighted by molar-refractivity contribution is 7.18. The van der Waals surface area contributed by atoms with Crippen LogP contribution in [0.1, 0.15) is 0 Å². The van der Waals surface area contributed by atoms with Gasteiger partial charge in [0.1, 0.15) is 10.4 Å². The van der Waals surface area contributed by atoms with E-state index >= 15 is 0 Å². The molecule has 0 spiro atoms. The van der Waals surface area contributed by atoms with Gasteiger partial charge in [-0.05, 0) is 30.3 Å². The van der Waals surface area contributed by atoms with Crippen molar-refractivity contribution in [3.8, 4) is 34.5 Å². The van der Waals surface area contributed by atoms with Gasteiger partial charge in [-0.25, -0.2) is 14.6 Å². The van der Waals surface area contributed by atoms with Gasteiger partial charge in [-0.3, -0.25) is 4.98 Å². The molecule has 0 atom stereocenters. The number of thiophene rings is 1. The molecule has 0 aliphatic rings. The minimum atomic E-state index is -0.0548. The van der Waals surface area contributed by atoms with E-state index in [9.17, 15) is 5.11 Å². The fourth-order valence-electron chi connectivity index (χ4n) is 2.86. The molecule has 7 nitrogen and oxygen atoms in total. The van der Waals surface area contributed by atoms with E-state index in [0.717, 1.165) is 11.3 Å². The summed E-state index contributed by atoms with van der Waals surface area (Å²) in [5, 5.41) is 16.7. The van der Waals surface area contributed by atoms with E-state index in [0.29, 0.717) is 27.6 Å². The Morgan fingerprint density at radius 3 is 2.52 bits per heavy atom. The van der Waals surface area contributed by atoms with Crippen LogP contribution in [0.3, 0.4) is 0 Å². The van der Waals surface area contributed by atoms with Crippen LogP contribution in [-0.2, 0) is 0 Å². The Morgan fingerprint density at radius 1 is 0.889 bits per heavy atom. The number of pyridine rings is 2. The molecular formula is C19H12N6OS. The molecule has 5 aromatic rings. The molecule has 5 rings (SSSR count). The minimum absolute atomic E-state index is 0.0548. The van der Waals surface area contributed by atoms with Crippen LogP contribution in [0.5, 0.6) is 5.88 Å².